The van der Waals surface area contributed by atoms with Crippen LogP contribution in [0.4, 0.5) is 0 Å². The predicted octanol–water partition coefficient (Wildman–Crippen LogP) is 4.33. The van der Waals surface area contributed by atoms with Crippen LogP contribution >= 0.6 is 0 Å². The number of amides is 1. The minimum Gasteiger partial charge on any atom is -0.494 e. The van der Waals surface area contributed by atoms with Gasteiger partial charge in [0.05, 0.1) is 11.5 Å². The Hall–Kier alpha value is -2.38. The number of nitrogens with one attached hydrogen (secondary N) is 1. The van der Waals surface area contributed by atoms with Crippen molar-refractivity contribution in [2.24, 2.45) is 5.92 Å². The van der Waals surface area contributed by atoms with Crippen molar-refractivity contribution in [2.45, 2.75) is 69.2 Å². The van der Waals surface area contributed by atoms with Gasteiger partial charge >= 0.3 is 0 Å². The van der Waals surface area contributed by atoms with E-state index in [1.54, 1.807) is 12.1 Å². The van der Waals surface area contributed by atoms with Gasteiger partial charge in [0, 0.05) is 25.6 Å². The number of carbonyl (C=O) groups excluding carboxylic acids is 1. The minimum atomic E-state index is -3.43. The summed E-state index contributed by atoms with van der Waals surface area (Å²) < 4.78 is 32.8. The standard InChI is InChI=1S/C27H36N2O4S/c1-2-33-25-12-5-21(6-13-25)3-4-23-17-19-29(20-18-23)27(30)16-9-22-7-14-26(15-8-22)34(31,32)28-24-10-11-24/h5-8,12-15,23-24,28H,2-4,9-11,16-20H2,1H3. The summed E-state index contributed by atoms with van der Waals surface area (Å²) in [5, 5.41) is 0. The lowest BCUT2D eigenvalue weighted by atomic mass is 9.90. The molecule has 6 nitrogen and oxygen atoms in total. The first kappa shape index (κ1) is 24.7. The highest BCUT2D eigenvalue weighted by Gasteiger charge is 2.28. The molecule has 1 aliphatic heterocycles. The van der Waals surface area contributed by atoms with Crippen molar-refractivity contribution in [3.05, 3.63) is 59.7 Å². The highest BCUT2D eigenvalue weighted by molar-refractivity contribution is 7.89. The number of carbonyl (C=O) groups is 1. The molecule has 0 unspecified atom stereocenters. The smallest absolute Gasteiger partial charge is 0.240 e. The molecule has 1 heterocycles. The van der Waals surface area contributed by atoms with E-state index in [0.29, 0.717) is 30.3 Å². The lowest BCUT2D eigenvalue weighted by Crippen LogP contribution is -2.38. The zero-order valence-corrected chi connectivity index (χ0v) is 20.9. The van der Waals surface area contributed by atoms with Gasteiger partial charge in [-0.05, 0) is 93.2 Å². The average Bonchev–Trinajstić information content (AvgIpc) is 3.66. The van der Waals surface area contributed by atoms with E-state index in [1.807, 2.05) is 36.1 Å². The van der Waals surface area contributed by atoms with Crippen LogP contribution in [0, 0.1) is 5.92 Å². The quantitative estimate of drug-likeness (QED) is 0.515. The number of aryl methyl sites for hydroxylation is 2. The first-order valence-corrected chi connectivity index (χ1v) is 14.0. The van der Waals surface area contributed by atoms with Crippen LogP contribution < -0.4 is 9.46 Å². The summed E-state index contributed by atoms with van der Waals surface area (Å²) in [6.07, 6.45) is 7.26. The van der Waals surface area contributed by atoms with Crippen molar-refractivity contribution in [1.82, 2.24) is 9.62 Å². The molecule has 0 atom stereocenters. The van der Waals surface area contributed by atoms with Crippen LogP contribution in [-0.2, 0) is 27.7 Å². The summed E-state index contributed by atoms with van der Waals surface area (Å²) in [4.78, 5) is 15.0. The molecule has 1 saturated heterocycles. The number of piperidine rings is 1. The molecule has 0 bridgehead atoms. The van der Waals surface area contributed by atoms with E-state index < -0.39 is 10.0 Å². The van der Waals surface area contributed by atoms with Crippen LogP contribution in [-0.4, -0.2) is 45.0 Å². The second kappa shape index (κ2) is 11.4. The second-order valence-corrected chi connectivity index (χ2v) is 11.2. The molecule has 2 aliphatic rings. The van der Waals surface area contributed by atoms with E-state index in [1.165, 1.54) is 5.56 Å². The number of likely N-dealkylation sites (tertiary alicyclic amines) is 1. The van der Waals surface area contributed by atoms with Gasteiger partial charge in [-0.2, -0.15) is 0 Å². The fourth-order valence-electron chi connectivity index (χ4n) is 4.49. The van der Waals surface area contributed by atoms with Crippen LogP contribution in [0.3, 0.4) is 0 Å². The fraction of sp³-hybridized carbons (Fsp3) is 0.519. The van der Waals surface area contributed by atoms with Crippen molar-refractivity contribution in [2.75, 3.05) is 19.7 Å². The van der Waals surface area contributed by atoms with Crippen LogP contribution in [0.2, 0.25) is 0 Å². The lowest BCUT2D eigenvalue weighted by Gasteiger charge is -2.32. The van der Waals surface area contributed by atoms with Crippen LogP contribution in [0.25, 0.3) is 0 Å². The Kier molecular flexibility index (Phi) is 8.27. The molecule has 1 aliphatic carbocycles. The average molecular weight is 485 g/mol. The van der Waals surface area contributed by atoms with E-state index >= 15 is 0 Å². The van der Waals surface area contributed by atoms with Crippen LogP contribution in [0.5, 0.6) is 5.75 Å². The van der Waals surface area contributed by atoms with Crippen molar-refractivity contribution in [1.29, 1.82) is 0 Å². The maximum absolute atomic E-state index is 12.7. The van der Waals surface area contributed by atoms with Gasteiger partial charge in [0.25, 0.3) is 0 Å². The zero-order valence-electron chi connectivity index (χ0n) is 20.0. The van der Waals surface area contributed by atoms with Gasteiger partial charge in [-0.25, -0.2) is 13.1 Å². The molecule has 2 fully saturated rings. The van der Waals surface area contributed by atoms with Gasteiger partial charge in [-0.3, -0.25) is 4.79 Å². The van der Waals surface area contributed by atoms with Gasteiger partial charge < -0.3 is 9.64 Å². The molecular weight excluding hydrogens is 448 g/mol. The van der Waals surface area contributed by atoms with Crippen molar-refractivity contribution < 1.29 is 17.9 Å². The van der Waals surface area contributed by atoms with E-state index in [2.05, 4.69) is 16.9 Å². The Morgan fingerprint density at radius 1 is 0.941 bits per heavy atom. The van der Waals surface area contributed by atoms with Crippen molar-refractivity contribution in [3.8, 4) is 5.75 Å². The summed E-state index contributed by atoms with van der Waals surface area (Å²) in [6.45, 7) is 4.34. The molecule has 1 N–H and O–H groups in total. The van der Waals surface area contributed by atoms with E-state index in [9.17, 15) is 13.2 Å². The summed E-state index contributed by atoms with van der Waals surface area (Å²) in [5.74, 6) is 1.77. The largest absolute Gasteiger partial charge is 0.494 e. The summed E-state index contributed by atoms with van der Waals surface area (Å²) in [6, 6.07) is 15.4. The summed E-state index contributed by atoms with van der Waals surface area (Å²) in [7, 11) is -3.43. The Morgan fingerprint density at radius 3 is 2.18 bits per heavy atom. The summed E-state index contributed by atoms with van der Waals surface area (Å²) >= 11 is 0. The molecule has 0 spiro atoms. The Morgan fingerprint density at radius 2 is 1.56 bits per heavy atom. The molecule has 0 radical (unpaired) electrons. The summed E-state index contributed by atoms with van der Waals surface area (Å²) in [5.41, 5.74) is 2.33. The third-order valence-corrected chi connectivity index (χ3v) is 8.34. The van der Waals surface area contributed by atoms with Gasteiger partial charge in [-0.1, -0.05) is 24.3 Å². The Labute approximate surface area is 203 Å². The molecular formula is C27H36N2O4S. The van der Waals surface area contributed by atoms with Crippen molar-refractivity contribution >= 4 is 15.9 Å². The molecule has 4 rings (SSSR count). The maximum atomic E-state index is 12.7. The molecule has 34 heavy (non-hydrogen) atoms. The van der Waals surface area contributed by atoms with E-state index in [0.717, 1.165) is 62.9 Å². The number of ether oxygens (including phenoxy) is 1. The number of hydrogen-bond acceptors (Lipinski definition) is 4. The highest BCUT2D eigenvalue weighted by Crippen LogP contribution is 2.25. The molecule has 184 valence electrons. The number of hydrogen-bond donors (Lipinski definition) is 1. The first-order chi connectivity index (χ1) is 16.4. The third kappa shape index (κ3) is 7.06. The number of nitrogens with zero attached hydrogens (tertiary/aromatic N) is 1. The molecule has 2 aromatic rings. The Bertz CT molecular complexity index is 1040. The SMILES string of the molecule is CCOc1ccc(CCC2CCN(C(=O)CCc3ccc(S(=O)(=O)NC4CC4)cc3)CC2)cc1. The Balaban J connectivity index is 1.16. The number of rotatable bonds is 11. The number of benzene rings is 2. The van der Waals surface area contributed by atoms with Crippen LogP contribution in [0.15, 0.2) is 53.4 Å². The minimum absolute atomic E-state index is 0.0960. The van der Waals surface area contributed by atoms with Crippen LogP contribution in [0.1, 0.15) is 56.6 Å². The highest BCUT2D eigenvalue weighted by atomic mass is 32.2. The molecule has 1 amide bonds. The lowest BCUT2D eigenvalue weighted by molar-refractivity contribution is -0.132. The third-order valence-electron chi connectivity index (χ3n) is 6.80. The fourth-order valence-corrected chi connectivity index (χ4v) is 5.80. The van der Waals surface area contributed by atoms with Gasteiger partial charge in [-0.15, -0.1) is 0 Å². The predicted molar refractivity (Wildman–Crippen MR) is 133 cm³/mol. The second-order valence-electron chi connectivity index (χ2n) is 9.48. The maximum Gasteiger partial charge on any atom is 0.240 e. The molecule has 7 heteroatoms. The first-order valence-electron chi connectivity index (χ1n) is 12.5. The normalized spacial score (nSPS) is 17.0. The van der Waals surface area contributed by atoms with E-state index in [-0.39, 0.29) is 11.9 Å². The topological polar surface area (TPSA) is 75.7 Å². The van der Waals surface area contributed by atoms with Gasteiger partial charge in [0.1, 0.15) is 5.75 Å². The van der Waals surface area contributed by atoms with Gasteiger partial charge in [0.2, 0.25) is 15.9 Å². The zero-order chi connectivity index (χ0) is 24.0. The molecule has 0 aromatic heterocycles. The molecule has 1 saturated carbocycles. The monoisotopic (exact) mass is 484 g/mol. The van der Waals surface area contributed by atoms with Crippen molar-refractivity contribution in [3.63, 3.8) is 0 Å². The van der Waals surface area contributed by atoms with Gasteiger partial charge in [0.15, 0.2) is 0 Å². The van der Waals surface area contributed by atoms with E-state index in [4.69, 9.17) is 4.74 Å². The number of sulfonamides is 1. The molecule has 2 aromatic carbocycles.